The van der Waals surface area contributed by atoms with E-state index in [0.29, 0.717) is 19.0 Å². The Hall–Kier alpha value is -2.51. The monoisotopic (exact) mass is 355 g/mol. The zero-order valence-electron chi connectivity index (χ0n) is 15.1. The molecule has 1 fully saturated rings. The zero-order valence-corrected chi connectivity index (χ0v) is 15.1. The number of ether oxygens (including phenoxy) is 1. The first kappa shape index (κ1) is 18.3. The van der Waals surface area contributed by atoms with Crippen molar-refractivity contribution < 1.29 is 9.53 Å². The number of nitrogens with one attached hydrogen (secondary N) is 1. The van der Waals surface area contributed by atoms with E-state index in [9.17, 15) is 4.79 Å². The number of carbonyl (C=O) groups is 1. The standard InChI is InChI=1S/C19H25N5O2/c1-26-13-6-16-5-8-20-17(14-16)22-19(25)15-23-9-11-24(12-10-23)18-4-2-3-7-21-18/h2-5,7-8,14H,6,9-13,15H2,1H3,(H,20,22,25). The number of hydrogen-bond donors (Lipinski definition) is 1. The summed E-state index contributed by atoms with van der Waals surface area (Å²) in [5, 5.41) is 2.89. The molecule has 138 valence electrons. The van der Waals surface area contributed by atoms with Gasteiger partial charge in [-0.1, -0.05) is 6.07 Å². The lowest BCUT2D eigenvalue weighted by Gasteiger charge is -2.34. The van der Waals surface area contributed by atoms with E-state index in [1.165, 1.54) is 0 Å². The van der Waals surface area contributed by atoms with Crippen LogP contribution in [0, 0.1) is 0 Å². The first-order valence-electron chi connectivity index (χ1n) is 8.86. The molecule has 0 bridgehead atoms. The molecule has 1 saturated heterocycles. The molecule has 0 aromatic carbocycles. The Morgan fingerprint density at radius 1 is 1.15 bits per heavy atom. The topological polar surface area (TPSA) is 70.6 Å². The van der Waals surface area contributed by atoms with Gasteiger partial charge in [-0.2, -0.15) is 0 Å². The summed E-state index contributed by atoms with van der Waals surface area (Å²) in [6, 6.07) is 9.77. The number of amides is 1. The minimum atomic E-state index is -0.0346. The molecule has 7 nitrogen and oxygen atoms in total. The first-order chi connectivity index (χ1) is 12.7. The van der Waals surface area contributed by atoms with Crippen LogP contribution in [0.5, 0.6) is 0 Å². The van der Waals surface area contributed by atoms with E-state index in [0.717, 1.165) is 44.0 Å². The highest BCUT2D eigenvalue weighted by atomic mass is 16.5. The molecular weight excluding hydrogens is 330 g/mol. The van der Waals surface area contributed by atoms with Crippen molar-refractivity contribution in [3.63, 3.8) is 0 Å². The van der Waals surface area contributed by atoms with Crippen LogP contribution in [-0.4, -0.2) is 67.2 Å². The fourth-order valence-corrected chi connectivity index (χ4v) is 2.98. The Morgan fingerprint density at radius 3 is 2.73 bits per heavy atom. The van der Waals surface area contributed by atoms with Gasteiger partial charge in [0.2, 0.25) is 5.91 Å². The molecule has 3 rings (SSSR count). The van der Waals surface area contributed by atoms with Crippen LogP contribution < -0.4 is 10.2 Å². The van der Waals surface area contributed by atoms with Crippen LogP contribution in [0.25, 0.3) is 0 Å². The summed E-state index contributed by atoms with van der Waals surface area (Å²) in [4.78, 5) is 25.3. The maximum atomic E-state index is 12.3. The molecule has 26 heavy (non-hydrogen) atoms. The van der Waals surface area contributed by atoms with Gasteiger partial charge in [0, 0.05) is 45.7 Å². The Bertz CT molecular complexity index is 702. The summed E-state index contributed by atoms with van der Waals surface area (Å²) in [5.74, 6) is 1.55. The summed E-state index contributed by atoms with van der Waals surface area (Å²) in [7, 11) is 1.68. The van der Waals surface area contributed by atoms with Gasteiger partial charge in [0.15, 0.2) is 0 Å². The molecule has 1 aliphatic rings. The van der Waals surface area contributed by atoms with Crippen molar-refractivity contribution in [2.45, 2.75) is 6.42 Å². The van der Waals surface area contributed by atoms with Crippen molar-refractivity contribution in [1.29, 1.82) is 0 Å². The molecule has 1 aliphatic heterocycles. The number of rotatable bonds is 7. The second-order valence-corrected chi connectivity index (χ2v) is 6.29. The summed E-state index contributed by atoms with van der Waals surface area (Å²) >= 11 is 0. The average molecular weight is 355 g/mol. The number of hydrogen-bond acceptors (Lipinski definition) is 6. The molecule has 0 spiro atoms. The van der Waals surface area contributed by atoms with Gasteiger partial charge in [0.25, 0.3) is 0 Å². The van der Waals surface area contributed by atoms with E-state index >= 15 is 0 Å². The maximum absolute atomic E-state index is 12.3. The summed E-state index contributed by atoms with van der Waals surface area (Å²) in [5.41, 5.74) is 1.10. The molecule has 0 radical (unpaired) electrons. The van der Waals surface area contributed by atoms with Crippen molar-refractivity contribution in [3.8, 4) is 0 Å². The lowest BCUT2D eigenvalue weighted by Crippen LogP contribution is -2.48. The van der Waals surface area contributed by atoms with Crippen molar-refractivity contribution in [2.24, 2.45) is 0 Å². The molecule has 0 atom stereocenters. The Kier molecular flexibility index (Phi) is 6.51. The highest BCUT2D eigenvalue weighted by Gasteiger charge is 2.19. The second kappa shape index (κ2) is 9.26. The summed E-state index contributed by atoms with van der Waals surface area (Å²) < 4.78 is 5.09. The minimum absolute atomic E-state index is 0.0346. The molecule has 7 heteroatoms. The lowest BCUT2D eigenvalue weighted by atomic mass is 10.2. The van der Waals surface area contributed by atoms with Gasteiger partial charge < -0.3 is 15.0 Å². The van der Waals surface area contributed by atoms with Gasteiger partial charge in [0.05, 0.1) is 13.2 Å². The van der Waals surface area contributed by atoms with Gasteiger partial charge in [-0.25, -0.2) is 9.97 Å². The third kappa shape index (κ3) is 5.24. The molecule has 3 heterocycles. The zero-order chi connectivity index (χ0) is 18.2. The van der Waals surface area contributed by atoms with Crippen molar-refractivity contribution in [3.05, 3.63) is 48.3 Å². The highest BCUT2D eigenvalue weighted by Crippen LogP contribution is 2.13. The normalized spacial score (nSPS) is 15.0. The molecule has 0 aliphatic carbocycles. The molecule has 2 aromatic heterocycles. The third-order valence-electron chi connectivity index (χ3n) is 4.40. The van der Waals surface area contributed by atoms with Crippen molar-refractivity contribution >= 4 is 17.5 Å². The summed E-state index contributed by atoms with van der Waals surface area (Å²) in [6.07, 6.45) is 4.33. The summed E-state index contributed by atoms with van der Waals surface area (Å²) in [6.45, 7) is 4.44. The van der Waals surface area contributed by atoms with E-state index < -0.39 is 0 Å². The van der Waals surface area contributed by atoms with Gasteiger partial charge in [-0.3, -0.25) is 9.69 Å². The van der Waals surface area contributed by atoms with E-state index in [1.807, 2.05) is 36.5 Å². The number of methoxy groups -OCH3 is 1. The number of piperazine rings is 1. The number of carbonyl (C=O) groups excluding carboxylic acids is 1. The number of aromatic nitrogens is 2. The van der Waals surface area contributed by atoms with Gasteiger partial charge >= 0.3 is 0 Å². The lowest BCUT2D eigenvalue weighted by molar-refractivity contribution is -0.117. The smallest absolute Gasteiger partial charge is 0.239 e. The first-order valence-corrected chi connectivity index (χ1v) is 8.86. The number of nitrogens with zero attached hydrogens (tertiary/aromatic N) is 4. The highest BCUT2D eigenvalue weighted by molar-refractivity contribution is 5.91. The van der Waals surface area contributed by atoms with Gasteiger partial charge in [-0.15, -0.1) is 0 Å². The average Bonchev–Trinajstić information content (AvgIpc) is 2.68. The van der Waals surface area contributed by atoms with Crippen molar-refractivity contribution in [1.82, 2.24) is 14.9 Å². The van der Waals surface area contributed by atoms with Gasteiger partial charge in [-0.05, 0) is 36.2 Å². The molecule has 2 aromatic rings. The predicted octanol–water partition coefficient (Wildman–Crippen LogP) is 1.43. The SMILES string of the molecule is COCCc1ccnc(NC(=O)CN2CCN(c3ccccn3)CC2)c1. The molecule has 1 N–H and O–H groups in total. The second-order valence-electron chi connectivity index (χ2n) is 6.29. The van der Waals surface area contributed by atoms with Crippen LogP contribution in [0.15, 0.2) is 42.7 Å². The van der Waals surface area contributed by atoms with E-state index in [4.69, 9.17) is 4.74 Å². The Balaban J connectivity index is 1.46. The Morgan fingerprint density at radius 2 is 2.00 bits per heavy atom. The van der Waals surface area contributed by atoms with E-state index in [-0.39, 0.29) is 5.91 Å². The van der Waals surface area contributed by atoms with Crippen LogP contribution in [-0.2, 0) is 16.0 Å². The fourth-order valence-electron chi connectivity index (χ4n) is 2.98. The maximum Gasteiger partial charge on any atom is 0.239 e. The minimum Gasteiger partial charge on any atom is -0.384 e. The van der Waals surface area contributed by atoms with Crippen LogP contribution in [0.3, 0.4) is 0 Å². The largest absolute Gasteiger partial charge is 0.384 e. The fraction of sp³-hybridized carbons (Fsp3) is 0.421. The molecule has 0 unspecified atom stereocenters. The number of anilines is 2. The third-order valence-corrected chi connectivity index (χ3v) is 4.40. The Labute approximate surface area is 154 Å². The quantitative estimate of drug-likeness (QED) is 0.810. The molecule has 0 saturated carbocycles. The molecular formula is C19H25N5O2. The van der Waals surface area contributed by atoms with E-state index in [1.54, 1.807) is 13.3 Å². The predicted molar refractivity (Wildman–Crippen MR) is 101 cm³/mol. The van der Waals surface area contributed by atoms with Gasteiger partial charge in [0.1, 0.15) is 11.6 Å². The van der Waals surface area contributed by atoms with Crippen LogP contribution >= 0.6 is 0 Å². The van der Waals surface area contributed by atoms with Crippen LogP contribution in [0.2, 0.25) is 0 Å². The van der Waals surface area contributed by atoms with E-state index in [2.05, 4.69) is 25.1 Å². The van der Waals surface area contributed by atoms with Crippen LogP contribution in [0.1, 0.15) is 5.56 Å². The van der Waals surface area contributed by atoms with Crippen molar-refractivity contribution in [2.75, 3.05) is 56.7 Å². The number of pyridine rings is 2. The molecule has 1 amide bonds. The van der Waals surface area contributed by atoms with Crippen LogP contribution in [0.4, 0.5) is 11.6 Å².